The van der Waals surface area contributed by atoms with Crippen LogP contribution in [0, 0.1) is 0 Å². The molecule has 1 atom stereocenters. The SMILES string of the molecule is NC(=O)C1COCCN1Cc1cncc(Br)c1. The average Bonchev–Trinajstić information content (AvgIpc) is 2.29. The first-order valence-corrected chi connectivity index (χ1v) is 6.16. The van der Waals surface area contributed by atoms with Crippen LogP contribution in [0.4, 0.5) is 0 Å². The van der Waals surface area contributed by atoms with Crippen LogP contribution in [-0.4, -0.2) is 41.6 Å². The first kappa shape index (κ1) is 12.5. The summed E-state index contributed by atoms with van der Waals surface area (Å²) in [4.78, 5) is 17.4. The minimum absolute atomic E-state index is 0.340. The molecule has 1 aliphatic rings. The Hall–Kier alpha value is -0.980. The second-order valence-electron chi connectivity index (χ2n) is 3.97. The molecule has 0 bridgehead atoms. The van der Waals surface area contributed by atoms with Crippen molar-refractivity contribution in [3.63, 3.8) is 0 Å². The van der Waals surface area contributed by atoms with Gasteiger partial charge in [-0.05, 0) is 27.6 Å². The van der Waals surface area contributed by atoms with E-state index < -0.39 is 0 Å². The summed E-state index contributed by atoms with van der Waals surface area (Å²) in [6, 6.07) is 1.64. The maximum absolute atomic E-state index is 11.3. The summed E-state index contributed by atoms with van der Waals surface area (Å²) in [5.41, 5.74) is 6.40. The Morgan fingerprint density at radius 1 is 1.65 bits per heavy atom. The van der Waals surface area contributed by atoms with Gasteiger partial charge in [0.2, 0.25) is 5.91 Å². The normalized spacial score (nSPS) is 21.4. The Labute approximate surface area is 108 Å². The zero-order valence-corrected chi connectivity index (χ0v) is 10.9. The van der Waals surface area contributed by atoms with E-state index in [1.165, 1.54) is 0 Å². The molecule has 1 unspecified atom stereocenters. The summed E-state index contributed by atoms with van der Waals surface area (Å²) in [6.07, 6.45) is 3.52. The lowest BCUT2D eigenvalue weighted by atomic mass is 10.2. The Morgan fingerprint density at radius 2 is 2.47 bits per heavy atom. The quantitative estimate of drug-likeness (QED) is 0.884. The largest absolute Gasteiger partial charge is 0.378 e. The second-order valence-corrected chi connectivity index (χ2v) is 4.89. The summed E-state index contributed by atoms with van der Waals surface area (Å²) in [5.74, 6) is -0.340. The first-order valence-electron chi connectivity index (χ1n) is 5.37. The van der Waals surface area contributed by atoms with E-state index in [1.54, 1.807) is 12.4 Å². The zero-order chi connectivity index (χ0) is 12.3. The molecular weight excluding hydrogens is 286 g/mol. The Morgan fingerprint density at radius 3 is 3.18 bits per heavy atom. The Balaban J connectivity index is 2.08. The van der Waals surface area contributed by atoms with Gasteiger partial charge in [-0.1, -0.05) is 0 Å². The van der Waals surface area contributed by atoms with E-state index in [4.69, 9.17) is 10.5 Å². The molecule has 1 amide bonds. The number of nitrogens with zero attached hydrogens (tertiary/aromatic N) is 2. The molecule has 1 aromatic heterocycles. The summed E-state index contributed by atoms with van der Waals surface area (Å²) in [7, 11) is 0. The number of nitrogens with two attached hydrogens (primary N) is 1. The lowest BCUT2D eigenvalue weighted by Crippen LogP contribution is -2.51. The predicted octanol–water partition coefficient (Wildman–Crippen LogP) is 0.530. The third kappa shape index (κ3) is 3.24. The molecule has 0 aliphatic carbocycles. The second kappa shape index (κ2) is 5.57. The molecule has 0 radical (unpaired) electrons. The van der Waals surface area contributed by atoms with Gasteiger partial charge in [-0.3, -0.25) is 14.7 Å². The molecule has 0 aromatic carbocycles. The molecule has 2 heterocycles. The summed E-state index contributed by atoms with van der Waals surface area (Å²) in [6.45, 7) is 2.37. The standard InChI is InChI=1S/C11H14BrN3O2/c12-9-3-8(4-14-5-9)6-15-1-2-17-7-10(15)11(13)16/h3-5,10H,1-2,6-7H2,(H2,13,16). The molecule has 92 valence electrons. The van der Waals surface area contributed by atoms with Crippen molar-refractivity contribution in [3.05, 3.63) is 28.5 Å². The van der Waals surface area contributed by atoms with Gasteiger partial charge in [-0.25, -0.2) is 0 Å². The van der Waals surface area contributed by atoms with E-state index in [0.717, 1.165) is 10.0 Å². The number of morpholine rings is 1. The number of rotatable bonds is 3. The van der Waals surface area contributed by atoms with Gasteiger partial charge in [0.25, 0.3) is 0 Å². The van der Waals surface area contributed by atoms with Crippen molar-refractivity contribution in [2.45, 2.75) is 12.6 Å². The van der Waals surface area contributed by atoms with Crippen molar-refractivity contribution in [1.82, 2.24) is 9.88 Å². The number of aromatic nitrogens is 1. The van der Waals surface area contributed by atoms with Crippen LogP contribution in [0.3, 0.4) is 0 Å². The van der Waals surface area contributed by atoms with Crippen molar-refractivity contribution in [1.29, 1.82) is 0 Å². The van der Waals surface area contributed by atoms with Gasteiger partial charge < -0.3 is 10.5 Å². The molecule has 1 aromatic rings. The van der Waals surface area contributed by atoms with E-state index in [2.05, 4.69) is 20.9 Å². The van der Waals surface area contributed by atoms with Crippen LogP contribution >= 0.6 is 15.9 Å². The number of primary amides is 1. The monoisotopic (exact) mass is 299 g/mol. The van der Waals surface area contributed by atoms with E-state index in [-0.39, 0.29) is 11.9 Å². The zero-order valence-electron chi connectivity index (χ0n) is 9.30. The van der Waals surface area contributed by atoms with Gasteiger partial charge >= 0.3 is 0 Å². The molecule has 2 rings (SSSR count). The number of pyridine rings is 1. The fourth-order valence-electron chi connectivity index (χ4n) is 1.87. The third-order valence-corrected chi connectivity index (χ3v) is 3.15. The number of carbonyl (C=O) groups is 1. The molecule has 0 saturated carbocycles. The fourth-order valence-corrected chi connectivity index (χ4v) is 2.28. The molecule has 1 fully saturated rings. The van der Waals surface area contributed by atoms with E-state index >= 15 is 0 Å². The Kier molecular flexibility index (Phi) is 4.09. The van der Waals surface area contributed by atoms with E-state index in [9.17, 15) is 4.79 Å². The molecule has 17 heavy (non-hydrogen) atoms. The maximum atomic E-state index is 11.3. The smallest absolute Gasteiger partial charge is 0.237 e. The lowest BCUT2D eigenvalue weighted by Gasteiger charge is -2.33. The van der Waals surface area contributed by atoms with Crippen molar-refractivity contribution < 1.29 is 9.53 Å². The average molecular weight is 300 g/mol. The van der Waals surface area contributed by atoms with Gasteiger partial charge in [0.05, 0.1) is 13.2 Å². The van der Waals surface area contributed by atoms with Crippen LogP contribution < -0.4 is 5.73 Å². The highest BCUT2D eigenvalue weighted by atomic mass is 79.9. The maximum Gasteiger partial charge on any atom is 0.237 e. The summed E-state index contributed by atoms with van der Waals surface area (Å²) >= 11 is 3.37. The van der Waals surface area contributed by atoms with Gasteiger partial charge in [0.1, 0.15) is 6.04 Å². The molecule has 5 nitrogen and oxygen atoms in total. The van der Waals surface area contributed by atoms with Gasteiger partial charge in [-0.15, -0.1) is 0 Å². The topological polar surface area (TPSA) is 68.5 Å². The van der Waals surface area contributed by atoms with Crippen LogP contribution in [0.1, 0.15) is 5.56 Å². The van der Waals surface area contributed by atoms with Crippen molar-refractivity contribution in [2.75, 3.05) is 19.8 Å². The van der Waals surface area contributed by atoms with E-state index in [0.29, 0.717) is 26.3 Å². The van der Waals surface area contributed by atoms with Crippen LogP contribution in [0.15, 0.2) is 22.9 Å². The molecule has 0 spiro atoms. The fraction of sp³-hybridized carbons (Fsp3) is 0.455. The van der Waals surface area contributed by atoms with Crippen LogP contribution in [0.2, 0.25) is 0 Å². The molecular formula is C11H14BrN3O2. The molecule has 6 heteroatoms. The predicted molar refractivity (Wildman–Crippen MR) is 66.1 cm³/mol. The number of hydrogen-bond acceptors (Lipinski definition) is 4. The summed E-state index contributed by atoms with van der Waals surface area (Å²) in [5, 5.41) is 0. The van der Waals surface area contributed by atoms with Gasteiger partial charge in [0.15, 0.2) is 0 Å². The number of halogens is 1. The van der Waals surface area contributed by atoms with Crippen LogP contribution in [0.25, 0.3) is 0 Å². The molecule has 1 aliphatic heterocycles. The highest BCUT2D eigenvalue weighted by Gasteiger charge is 2.27. The van der Waals surface area contributed by atoms with Crippen molar-refractivity contribution in [3.8, 4) is 0 Å². The van der Waals surface area contributed by atoms with Gasteiger partial charge in [-0.2, -0.15) is 0 Å². The number of carbonyl (C=O) groups excluding carboxylic acids is 1. The third-order valence-electron chi connectivity index (χ3n) is 2.71. The van der Waals surface area contributed by atoms with E-state index in [1.807, 2.05) is 11.0 Å². The van der Waals surface area contributed by atoms with Crippen LogP contribution in [-0.2, 0) is 16.1 Å². The highest BCUT2D eigenvalue weighted by Crippen LogP contribution is 2.15. The highest BCUT2D eigenvalue weighted by molar-refractivity contribution is 9.10. The minimum atomic E-state index is -0.345. The molecule has 1 saturated heterocycles. The number of amides is 1. The summed E-state index contributed by atoms with van der Waals surface area (Å²) < 4.78 is 6.20. The first-order chi connectivity index (χ1) is 8.16. The Bertz CT molecular complexity index is 413. The van der Waals surface area contributed by atoms with Crippen LogP contribution in [0.5, 0.6) is 0 Å². The number of ether oxygens (including phenoxy) is 1. The minimum Gasteiger partial charge on any atom is -0.378 e. The number of hydrogen-bond donors (Lipinski definition) is 1. The van der Waals surface area contributed by atoms with Crippen molar-refractivity contribution in [2.24, 2.45) is 5.73 Å². The van der Waals surface area contributed by atoms with Gasteiger partial charge in [0, 0.05) is 30.0 Å². The molecule has 2 N–H and O–H groups in total. The van der Waals surface area contributed by atoms with Crippen molar-refractivity contribution >= 4 is 21.8 Å². The lowest BCUT2D eigenvalue weighted by molar-refractivity contribution is -0.129.